The smallest absolute Gasteiger partial charge is 0.657 e. The van der Waals surface area contributed by atoms with Gasteiger partial charge in [-0.15, -0.1) is 11.0 Å². The molecule has 0 aliphatic carbocycles. The Morgan fingerprint density at radius 1 is 0.818 bits per heavy atom. The molecular formula is C34H34FeN4O4S+2. The van der Waals surface area contributed by atoms with Crippen molar-refractivity contribution >= 4 is 75.2 Å². The normalized spacial score (nSPS) is 12.8. The molecule has 0 atom stereocenters. The van der Waals surface area contributed by atoms with Crippen LogP contribution in [0.15, 0.2) is 43.5 Å². The molecule has 10 heteroatoms. The molecule has 226 valence electrons. The number of nitrogens with zero attached hydrogens (tertiary/aromatic N) is 4. The van der Waals surface area contributed by atoms with Crippen LogP contribution in [0.25, 0.3) is 50.4 Å². The number of aromatic nitrogens is 4. The van der Waals surface area contributed by atoms with E-state index in [0.717, 1.165) is 72.5 Å². The van der Waals surface area contributed by atoms with Gasteiger partial charge in [-0.25, -0.2) is 9.97 Å². The van der Waals surface area contributed by atoms with E-state index >= 15 is 0 Å². The number of hydrogen-bond donors (Lipinski definition) is 2. The molecule has 0 unspecified atom stereocenters. The fraction of sp³-hybridized carbons (Fsp3) is 0.235. The van der Waals surface area contributed by atoms with Crippen molar-refractivity contribution in [3.63, 3.8) is 0 Å². The second-order valence-corrected chi connectivity index (χ2v) is 11.3. The first-order valence-corrected chi connectivity index (χ1v) is 14.4. The number of carboxylic acids is 2. The van der Waals surface area contributed by atoms with Crippen LogP contribution in [-0.2, 0) is 45.9 Å². The van der Waals surface area contributed by atoms with E-state index < -0.39 is 11.9 Å². The Kier molecular flexibility index (Phi) is 9.59. The summed E-state index contributed by atoms with van der Waals surface area (Å²) >= 11 is 3.81. The second kappa shape index (κ2) is 12.9. The Balaban J connectivity index is 0.00000442. The van der Waals surface area contributed by atoms with Crippen LogP contribution in [0.4, 0.5) is 0 Å². The van der Waals surface area contributed by atoms with E-state index in [1.807, 2.05) is 55.9 Å². The summed E-state index contributed by atoms with van der Waals surface area (Å²) in [4.78, 5) is 38.1. The van der Waals surface area contributed by atoms with Gasteiger partial charge in [0.15, 0.2) is 0 Å². The first kappa shape index (κ1) is 32.8. The molecule has 2 aliphatic heterocycles. The third kappa shape index (κ3) is 5.85. The number of aryl methyl sites for hydroxylation is 3. The maximum Gasteiger partial charge on any atom is 2.00 e. The molecule has 5 rings (SSSR count). The van der Waals surface area contributed by atoms with E-state index in [1.54, 1.807) is 12.2 Å². The van der Waals surface area contributed by atoms with E-state index in [9.17, 15) is 19.8 Å². The summed E-state index contributed by atoms with van der Waals surface area (Å²) in [6.07, 6.45) is 4.09. The van der Waals surface area contributed by atoms with Crippen molar-refractivity contribution in [1.29, 1.82) is 0 Å². The van der Waals surface area contributed by atoms with Gasteiger partial charge in [0.05, 0.1) is 46.6 Å². The first-order chi connectivity index (χ1) is 20.4. The molecule has 0 fully saturated rings. The summed E-state index contributed by atoms with van der Waals surface area (Å²) in [5, 5.41) is 19.0. The maximum absolute atomic E-state index is 11.6. The minimum Gasteiger partial charge on any atom is -0.657 e. The van der Waals surface area contributed by atoms with Crippen LogP contribution in [0.3, 0.4) is 0 Å². The van der Waals surface area contributed by atoms with Crippen molar-refractivity contribution in [2.75, 3.05) is 0 Å². The molecule has 2 aliphatic rings. The fourth-order valence-corrected chi connectivity index (χ4v) is 6.26. The zero-order chi connectivity index (χ0) is 31.2. The quantitative estimate of drug-likeness (QED) is 0.215. The van der Waals surface area contributed by atoms with Crippen LogP contribution in [0.2, 0.25) is 0 Å². The molecule has 0 amide bonds. The third-order valence-corrected chi connectivity index (χ3v) is 8.79. The number of aliphatic carboxylic acids is 2. The van der Waals surface area contributed by atoms with Crippen LogP contribution in [0, 0.1) is 13.8 Å². The van der Waals surface area contributed by atoms with Crippen molar-refractivity contribution in [3.8, 4) is 0 Å². The molecule has 0 spiro atoms. The molecule has 3 aromatic heterocycles. The Bertz CT molecular complexity index is 1980. The van der Waals surface area contributed by atoms with Crippen LogP contribution in [0.1, 0.15) is 78.1 Å². The fourth-order valence-electron chi connectivity index (χ4n) is 5.83. The summed E-state index contributed by atoms with van der Waals surface area (Å²) in [5.41, 5.74) is 13.0. The van der Waals surface area contributed by atoms with Crippen molar-refractivity contribution in [2.45, 2.75) is 53.4 Å². The molecule has 0 radical (unpaired) electrons. The third-order valence-electron chi connectivity index (χ3n) is 8.30. The van der Waals surface area contributed by atoms with Crippen molar-refractivity contribution in [2.24, 2.45) is 0 Å². The van der Waals surface area contributed by atoms with Crippen molar-refractivity contribution < 1.29 is 36.9 Å². The van der Waals surface area contributed by atoms with Gasteiger partial charge in [0.2, 0.25) is 0 Å². The van der Waals surface area contributed by atoms with E-state index in [-0.39, 0.29) is 29.9 Å². The predicted molar refractivity (Wildman–Crippen MR) is 177 cm³/mol. The van der Waals surface area contributed by atoms with Crippen LogP contribution in [0.5, 0.6) is 0 Å². The molecular weight excluding hydrogens is 616 g/mol. The zero-order valence-corrected chi connectivity index (χ0v) is 27.2. The van der Waals surface area contributed by atoms with Gasteiger partial charge in [-0.3, -0.25) is 9.59 Å². The molecule has 2 N–H and O–H groups in total. The monoisotopic (exact) mass is 650 g/mol. The van der Waals surface area contributed by atoms with Crippen molar-refractivity contribution in [1.82, 2.24) is 18.9 Å². The first-order valence-electron chi connectivity index (χ1n) is 14.0. The zero-order valence-electron chi connectivity index (χ0n) is 25.1. The molecule has 8 bridgehead atoms. The number of hydrogen-bond acceptors (Lipinski definition) is 4. The topological polar surface area (TPSA) is 119 Å². The number of allylic oxidation sites excluding steroid dienone is 5. The molecule has 44 heavy (non-hydrogen) atoms. The largest absolute Gasteiger partial charge is 2.00 e. The Hall–Kier alpha value is -4.11. The minimum absolute atomic E-state index is 0. The number of rotatable bonds is 8. The standard InChI is InChI=1S/C34H34N4O4S.Fe/c1-7-21-17(3)25-13-29-22(8-2)18(4)27(37-29)15-31-20(6)24(10-12-34(41)42)32(38(31)43)16-30-23(9-11-33(39)40)19(5)26(36-30)14-28(21)35-25;/h7-8,13-16,43H,1-2,9-12H2,3-6H3,(H3,35,36,37,39,40,41,42);/q;+2. The van der Waals surface area contributed by atoms with Gasteiger partial charge in [0, 0.05) is 18.4 Å². The molecule has 0 saturated carbocycles. The van der Waals surface area contributed by atoms with Crippen LogP contribution >= 0.6 is 0 Å². The van der Waals surface area contributed by atoms with Crippen LogP contribution < -0.4 is 4.98 Å². The van der Waals surface area contributed by atoms with Gasteiger partial charge in [-0.1, -0.05) is 43.0 Å². The second-order valence-electron chi connectivity index (χ2n) is 10.8. The average Bonchev–Trinajstić information content (AvgIpc) is 3.59. The molecule has 8 nitrogen and oxygen atoms in total. The summed E-state index contributed by atoms with van der Waals surface area (Å²) in [6.45, 7) is 16.0. The number of carbonyl (C=O) groups is 2. The molecule has 0 aromatic carbocycles. The predicted octanol–water partition coefficient (Wildman–Crippen LogP) is 6.38. The van der Waals surface area contributed by atoms with Crippen LogP contribution in [-0.4, -0.2) is 36.1 Å². The van der Waals surface area contributed by atoms with Gasteiger partial charge in [0.1, 0.15) is 0 Å². The Morgan fingerprint density at radius 2 is 1.41 bits per heavy atom. The summed E-state index contributed by atoms with van der Waals surface area (Å²) in [6, 6.07) is 7.76. The molecule has 0 saturated heterocycles. The van der Waals surface area contributed by atoms with Gasteiger partial charge < -0.3 is 15.2 Å². The van der Waals surface area contributed by atoms with Gasteiger partial charge >= 0.3 is 29.0 Å². The summed E-state index contributed by atoms with van der Waals surface area (Å²) in [5.74, 6) is -1.79. The van der Waals surface area contributed by atoms with E-state index in [4.69, 9.17) is 15.0 Å². The minimum atomic E-state index is -0.896. The molecule has 3 aromatic rings. The molecule has 5 heterocycles. The summed E-state index contributed by atoms with van der Waals surface area (Å²) < 4.78 is 1.85. The van der Waals surface area contributed by atoms with Gasteiger partial charge in [0.25, 0.3) is 0 Å². The Morgan fingerprint density at radius 3 is 2.05 bits per heavy atom. The number of fused-ring (bicyclic) bond motifs is 8. The van der Waals surface area contributed by atoms with E-state index in [2.05, 4.69) is 26.0 Å². The average molecular weight is 651 g/mol. The maximum atomic E-state index is 11.6. The SMILES string of the molecule is C=CC1=C(C)c2cc3c(C)c(CCC(=O)O)c(cc4nc(cc5[n-]c(cc1n2)c(C)c5C=C)C(C)=C4CCC(=O)O)n3[SH2+].[Fe+2]. The van der Waals surface area contributed by atoms with Crippen molar-refractivity contribution in [3.05, 3.63) is 88.5 Å². The summed E-state index contributed by atoms with van der Waals surface area (Å²) in [7, 11) is 0. The Labute approximate surface area is 272 Å². The van der Waals surface area contributed by atoms with Gasteiger partial charge in [-0.2, -0.15) is 3.97 Å². The van der Waals surface area contributed by atoms with Gasteiger partial charge in [-0.05, 0) is 86.1 Å². The number of carboxylic acid groups (broad SMARTS) is 2. The van der Waals surface area contributed by atoms with E-state index in [1.165, 1.54) is 0 Å². The van der Waals surface area contributed by atoms with E-state index in [0.29, 0.717) is 29.7 Å².